The third-order valence-corrected chi connectivity index (χ3v) is 2.44. The molecule has 0 fully saturated rings. The summed E-state index contributed by atoms with van der Waals surface area (Å²) >= 11 is 0. The van der Waals surface area contributed by atoms with Crippen LogP contribution < -0.4 is 10.1 Å². The fraction of sp³-hybridized carbons (Fsp3) is 0.308. The number of nitrogens with one attached hydrogen (secondary N) is 1. The molecular formula is C13H16N4O. The van der Waals surface area contributed by atoms with Crippen molar-refractivity contribution < 1.29 is 4.74 Å². The van der Waals surface area contributed by atoms with Crippen molar-refractivity contribution in [2.24, 2.45) is 0 Å². The van der Waals surface area contributed by atoms with E-state index in [1.165, 1.54) is 0 Å². The first-order valence-corrected chi connectivity index (χ1v) is 5.83. The van der Waals surface area contributed by atoms with E-state index in [2.05, 4.69) is 20.3 Å². The highest BCUT2D eigenvalue weighted by atomic mass is 16.5. The quantitative estimate of drug-likeness (QED) is 0.894. The minimum atomic E-state index is 0.594. The van der Waals surface area contributed by atoms with Crippen LogP contribution in [0.3, 0.4) is 0 Å². The molecule has 5 heteroatoms. The van der Waals surface area contributed by atoms with Gasteiger partial charge in [-0.25, -0.2) is 15.0 Å². The highest BCUT2D eigenvalue weighted by Gasteiger charge is 2.05. The van der Waals surface area contributed by atoms with Crippen molar-refractivity contribution in [3.8, 4) is 17.1 Å². The van der Waals surface area contributed by atoms with Crippen LogP contribution in [0.4, 0.5) is 5.82 Å². The Morgan fingerprint density at radius 3 is 2.72 bits per heavy atom. The minimum absolute atomic E-state index is 0.594. The predicted molar refractivity (Wildman–Crippen MR) is 70.7 cm³/mol. The maximum absolute atomic E-state index is 5.03. The third-order valence-electron chi connectivity index (χ3n) is 2.44. The van der Waals surface area contributed by atoms with Gasteiger partial charge in [0.25, 0.3) is 0 Å². The lowest BCUT2D eigenvalue weighted by atomic mass is 10.2. The zero-order valence-corrected chi connectivity index (χ0v) is 10.8. The number of methoxy groups -OCH3 is 1. The van der Waals surface area contributed by atoms with Crippen molar-refractivity contribution in [1.29, 1.82) is 0 Å². The number of hydrogen-bond acceptors (Lipinski definition) is 5. The van der Waals surface area contributed by atoms with Crippen molar-refractivity contribution in [2.45, 2.75) is 13.8 Å². The molecule has 0 saturated carbocycles. The minimum Gasteiger partial charge on any atom is -0.481 e. The van der Waals surface area contributed by atoms with Gasteiger partial charge in [-0.2, -0.15) is 0 Å². The number of aromatic nitrogens is 3. The van der Waals surface area contributed by atoms with Crippen LogP contribution in [-0.4, -0.2) is 28.6 Å². The average Bonchev–Trinajstić information content (AvgIpc) is 2.38. The molecule has 0 amide bonds. The van der Waals surface area contributed by atoms with Gasteiger partial charge in [0.2, 0.25) is 5.88 Å². The Morgan fingerprint density at radius 2 is 2.11 bits per heavy atom. The van der Waals surface area contributed by atoms with E-state index in [-0.39, 0.29) is 0 Å². The summed E-state index contributed by atoms with van der Waals surface area (Å²) in [6.07, 6.45) is 1.75. The van der Waals surface area contributed by atoms with Gasteiger partial charge >= 0.3 is 0 Å². The van der Waals surface area contributed by atoms with Crippen LogP contribution in [0.2, 0.25) is 0 Å². The molecule has 0 unspecified atom stereocenters. The number of nitrogens with zero attached hydrogens (tertiary/aromatic N) is 3. The second-order valence-corrected chi connectivity index (χ2v) is 3.81. The Kier molecular flexibility index (Phi) is 3.72. The molecule has 0 radical (unpaired) electrons. The number of anilines is 1. The smallest absolute Gasteiger partial charge is 0.212 e. The van der Waals surface area contributed by atoms with Crippen molar-refractivity contribution in [2.75, 3.05) is 19.0 Å². The summed E-state index contributed by atoms with van der Waals surface area (Å²) in [4.78, 5) is 12.9. The van der Waals surface area contributed by atoms with Gasteiger partial charge in [-0.1, -0.05) is 0 Å². The summed E-state index contributed by atoms with van der Waals surface area (Å²) in [7, 11) is 1.60. The van der Waals surface area contributed by atoms with Crippen molar-refractivity contribution in [1.82, 2.24) is 15.0 Å². The van der Waals surface area contributed by atoms with Gasteiger partial charge < -0.3 is 10.1 Å². The average molecular weight is 244 g/mol. The van der Waals surface area contributed by atoms with Crippen molar-refractivity contribution in [3.05, 3.63) is 30.2 Å². The molecule has 0 atom stereocenters. The van der Waals surface area contributed by atoms with Gasteiger partial charge in [-0.3, -0.25) is 0 Å². The van der Waals surface area contributed by atoms with Crippen molar-refractivity contribution in [3.63, 3.8) is 0 Å². The molecule has 18 heavy (non-hydrogen) atoms. The zero-order chi connectivity index (χ0) is 13.0. The predicted octanol–water partition coefficient (Wildman–Crippen LogP) is 2.29. The van der Waals surface area contributed by atoms with E-state index in [1.54, 1.807) is 13.3 Å². The topological polar surface area (TPSA) is 59.9 Å². The van der Waals surface area contributed by atoms with E-state index < -0.39 is 0 Å². The van der Waals surface area contributed by atoms with Gasteiger partial charge in [0.05, 0.1) is 12.8 Å². The summed E-state index contributed by atoms with van der Waals surface area (Å²) < 4.78 is 5.03. The van der Waals surface area contributed by atoms with E-state index in [0.717, 1.165) is 29.4 Å². The Balaban J connectivity index is 2.36. The fourth-order valence-electron chi connectivity index (χ4n) is 1.64. The van der Waals surface area contributed by atoms with E-state index in [0.29, 0.717) is 5.88 Å². The molecule has 0 aliphatic carbocycles. The number of rotatable bonds is 4. The molecule has 2 aromatic rings. The van der Waals surface area contributed by atoms with Gasteiger partial charge in [-0.05, 0) is 19.9 Å². The second kappa shape index (κ2) is 5.44. The summed E-state index contributed by atoms with van der Waals surface area (Å²) in [5.74, 6) is 2.16. The summed E-state index contributed by atoms with van der Waals surface area (Å²) in [5.41, 5.74) is 1.80. The standard InChI is InChI=1S/C13H16N4O/c1-4-14-12-7-11(16-9(2)17-12)10-5-6-13(18-3)15-8-10/h5-8H,4H2,1-3H3,(H,14,16,17). The lowest BCUT2D eigenvalue weighted by Crippen LogP contribution is -2.02. The van der Waals surface area contributed by atoms with Crippen LogP contribution >= 0.6 is 0 Å². The number of hydrogen-bond donors (Lipinski definition) is 1. The Morgan fingerprint density at radius 1 is 1.28 bits per heavy atom. The number of ether oxygens (including phenoxy) is 1. The first-order chi connectivity index (χ1) is 8.72. The molecule has 5 nitrogen and oxygen atoms in total. The summed E-state index contributed by atoms with van der Waals surface area (Å²) in [6, 6.07) is 5.67. The fourth-order valence-corrected chi connectivity index (χ4v) is 1.64. The monoisotopic (exact) mass is 244 g/mol. The molecular weight excluding hydrogens is 228 g/mol. The normalized spacial score (nSPS) is 10.2. The molecule has 2 rings (SSSR count). The van der Waals surface area contributed by atoms with E-state index >= 15 is 0 Å². The molecule has 0 aromatic carbocycles. The van der Waals surface area contributed by atoms with E-state index in [4.69, 9.17) is 4.74 Å². The second-order valence-electron chi connectivity index (χ2n) is 3.81. The molecule has 2 aromatic heterocycles. The van der Waals surface area contributed by atoms with Crippen LogP contribution in [0.25, 0.3) is 11.3 Å². The van der Waals surface area contributed by atoms with Crippen LogP contribution in [0.5, 0.6) is 5.88 Å². The largest absolute Gasteiger partial charge is 0.481 e. The van der Waals surface area contributed by atoms with Crippen LogP contribution in [0.15, 0.2) is 24.4 Å². The molecule has 0 bridgehead atoms. The maximum Gasteiger partial charge on any atom is 0.212 e. The highest BCUT2D eigenvalue weighted by molar-refractivity contribution is 5.61. The first kappa shape index (κ1) is 12.3. The highest BCUT2D eigenvalue weighted by Crippen LogP contribution is 2.20. The van der Waals surface area contributed by atoms with E-state index in [1.807, 2.05) is 32.0 Å². The van der Waals surface area contributed by atoms with Crippen LogP contribution in [0.1, 0.15) is 12.7 Å². The Labute approximate surface area is 106 Å². The molecule has 0 aliphatic heterocycles. The van der Waals surface area contributed by atoms with Crippen LogP contribution in [-0.2, 0) is 0 Å². The SMILES string of the molecule is CCNc1cc(-c2ccc(OC)nc2)nc(C)n1. The summed E-state index contributed by atoms with van der Waals surface area (Å²) in [6.45, 7) is 4.74. The lowest BCUT2D eigenvalue weighted by Gasteiger charge is -2.07. The molecule has 94 valence electrons. The maximum atomic E-state index is 5.03. The first-order valence-electron chi connectivity index (χ1n) is 5.83. The number of aryl methyl sites for hydroxylation is 1. The van der Waals surface area contributed by atoms with Gasteiger partial charge in [0, 0.05) is 30.4 Å². The Bertz CT molecular complexity index is 525. The Hall–Kier alpha value is -2.17. The molecule has 0 aliphatic rings. The molecule has 2 heterocycles. The molecule has 1 N–H and O–H groups in total. The molecule has 0 saturated heterocycles. The van der Waals surface area contributed by atoms with Gasteiger partial charge in [0.1, 0.15) is 11.6 Å². The van der Waals surface area contributed by atoms with Gasteiger partial charge in [-0.15, -0.1) is 0 Å². The molecule has 0 spiro atoms. The number of pyridine rings is 1. The van der Waals surface area contributed by atoms with Crippen molar-refractivity contribution >= 4 is 5.82 Å². The lowest BCUT2D eigenvalue weighted by molar-refractivity contribution is 0.398. The summed E-state index contributed by atoms with van der Waals surface area (Å²) in [5, 5.41) is 3.18. The van der Waals surface area contributed by atoms with E-state index in [9.17, 15) is 0 Å². The third kappa shape index (κ3) is 2.74. The zero-order valence-electron chi connectivity index (χ0n) is 10.8. The van der Waals surface area contributed by atoms with Crippen LogP contribution in [0, 0.1) is 6.92 Å². The van der Waals surface area contributed by atoms with Gasteiger partial charge in [0.15, 0.2) is 0 Å².